The van der Waals surface area contributed by atoms with Gasteiger partial charge in [0.05, 0.1) is 23.2 Å². The van der Waals surface area contributed by atoms with Crippen LogP contribution in [0.5, 0.6) is 0 Å². The second-order valence-corrected chi connectivity index (χ2v) is 7.24. The predicted molar refractivity (Wildman–Crippen MR) is 68.0 cm³/mol. The van der Waals surface area contributed by atoms with E-state index in [0.717, 1.165) is 18.5 Å². The Kier molecular flexibility index (Phi) is 5.39. The first-order valence-corrected chi connectivity index (χ1v) is 7.87. The Hall–Kier alpha value is -0.620. The second-order valence-electron chi connectivity index (χ2n) is 4.18. The summed E-state index contributed by atoms with van der Waals surface area (Å²) in [5, 5.41) is 7.50. The average molecular weight is 280 g/mol. The van der Waals surface area contributed by atoms with E-state index in [0.29, 0.717) is 12.4 Å². The third-order valence-electron chi connectivity index (χ3n) is 2.48. The van der Waals surface area contributed by atoms with Crippen LogP contribution in [0.1, 0.15) is 26.0 Å². The van der Waals surface area contributed by atoms with Crippen molar-refractivity contribution in [2.24, 2.45) is 0 Å². The predicted octanol–water partition coefficient (Wildman–Crippen LogP) is 1.27. The summed E-state index contributed by atoms with van der Waals surface area (Å²) in [4.78, 5) is 0. The molecule has 0 bridgehead atoms. The van der Waals surface area contributed by atoms with Gasteiger partial charge in [0.1, 0.15) is 0 Å². The van der Waals surface area contributed by atoms with Crippen LogP contribution in [0, 0.1) is 0 Å². The van der Waals surface area contributed by atoms with Crippen molar-refractivity contribution >= 4 is 21.4 Å². The zero-order valence-electron chi connectivity index (χ0n) is 10.1. The molecule has 0 saturated carbocycles. The third-order valence-corrected chi connectivity index (χ3v) is 4.93. The molecule has 0 radical (unpaired) electrons. The van der Waals surface area contributed by atoms with Gasteiger partial charge in [-0.3, -0.25) is 4.68 Å². The van der Waals surface area contributed by atoms with Crippen molar-refractivity contribution in [3.05, 3.63) is 11.9 Å². The van der Waals surface area contributed by atoms with Gasteiger partial charge in [-0.05, 0) is 26.7 Å². The summed E-state index contributed by atoms with van der Waals surface area (Å²) in [5.74, 6) is 0.692. The van der Waals surface area contributed by atoms with Crippen LogP contribution in [-0.2, 0) is 22.8 Å². The lowest BCUT2D eigenvalue weighted by atomic mass is 10.3. The maximum atomic E-state index is 11.6. The van der Waals surface area contributed by atoms with Crippen LogP contribution < -0.4 is 0 Å². The number of alkyl halides is 1. The van der Waals surface area contributed by atoms with Crippen molar-refractivity contribution in [2.75, 3.05) is 11.6 Å². The fourth-order valence-electron chi connectivity index (χ4n) is 1.27. The smallest absolute Gasteiger partial charge is 0.154 e. The number of rotatable bonds is 7. The van der Waals surface area contributed by atoms with Gasteiger partial charge < -0.3 is 0 Å². The molecule has 0 aliphatic carbocycles. The molecule has 17 heavy (non-hydrogen) atoms. The van der Waals surface area contributed by atoms with E-state index in [2.05, 4.69) is 10.3 Å². The highest BCUT2D eigenvalue weighted by Crippen LogP contribution is 2.03. The Balaban J connectivity index is 2.50. The molecule has 1 aromatic heterocycles. The molecular weight excluding hydrogens is 262 g/mol. The molecule has 0 atom stereocenters. The number of nitrogens with zero attached hydrogens (tertiary/aromatic N) is 3. The van der Waals surface area contributed by atoms with E-state index in [-0.39, 0.29) is 11.0 Å². The van der Waals surface area contributed by atoms with Crippen molar-refractivity contribution in [3.8, 4) is 0 Å². The van der Waals surface area contributed by atoms with E-state index in [4.69, 9.17) is 11.6 Å². The molecule has 0 amide bonds. The maximum absolute atomic E-state index is 11.6. The van der Waals surface area contributed by atoms with Gasteiger partial charge in [-0.2, -0.15) is 0 Å². The SMILES string of the molecule is CC(C)S(=O)(=O)CCn1cc(CCCCl)nn1. The van der Waals surface area contributed by atoms with Crippen LogP contribution in [0.3, 0.4) is 0 Å². The summed E-state index contributed by atoms with van der Waals surface area (Å²) in [6.45, 7) is 3.72. The minimum absolute atomic E-state index is 0.100. The molecule has 0 unspecified atom stereocenters. The molecule has 0 spiro atoms. The summed E-state index contributed by atoms with van der Waals surface area (Å²) >= 11 is 5.58. The van der Waals surface area contributed by atoms with Crippen LogP contribution in [0.25, 0.3) is 0 Å². The van der Waals surface area contributed by atoms with Gasteiger partial charge in [0.25, 0.3) is 0 Å². The number of sulfone groups is 1. The Morgan fingerprint density at radius 1 is 1.47 bits per heavy atom. The minimum Gasteiger partial charge on any atom is -0.251 e. The molecule has 7 heteroatoms. The van der Waals surface area contributed by atoms with E-state index in [9.17, 15) is 8.42 Å². The Labute approximate surface area is 107 Å². The molecule has 98 valence electrons. The molecule has 0 aliphatic rings. The topological polar surface area (TPSA) is 64.8 Å². The van der Waals surface area contributed by atoms with Crippen molar-refractivity contribution < 1.29 is 8.42 Å². The molecule has 1 heterocycles. The highest BCUT2D eigenvalue weighted by atomic mass is 35.5. The molecule has 0 fully saturated rings. The molecule has 1 aromatic rings. The van der Waals surface area contributed by atoms with Crippen molar-refractivity contribution in [2.45, 2.75) is 38.5 Å². The van der Waals surface area contributed by atoms with Gasteiger partial charge in [0.2, 0.25) is 0 Å². The first kappa shape index (κ1) is 14.4. The number of aryl methyl sites for hydroxylation is 2. The number of halogens is 1. The first-order valence-electron chi connectivity index (χ1n) is 5.62. The largest absolute Gasteiger partial charge is 0.251 e. The maximum Gasteiger partial charge on any atom is 0.154 e. The van der Waals surface area contributed by atoms with Gasteiger partial charge in [-0.25, -0.2) is 8.42 Å². The van der Waals surface area contributed by atoms with Crippen LogP contribution in [0.4, 0.5) is 0 Å². The summed E-state index contributed by atoms with van der Waals surface area (Å²) < 4.78 is 24.8. The summed E-state index contributed by atoms with van der Waals surface area (Å²) in [6, 6.07) is 0. The zero-order chi connectivity index (χ0) is 12.9. The van der Waals surface area contributed by atoms with Crippen molar-refractivity contribution in [3.63, 3.8) is 0 Å². The third kappa shape index (κ3) is 4.63. The van der Waals surface area contributed by atoms with E-state index >= 15 is 0 Å². The highest BCUT2D eigenvalue weighted by Gasteiger charge is 2.16. The monoisotopic (exact) mass is 279 g/mol. The van der Waals surface area contributed by atoms with E-state index < -0.39 is 9.84 Å². The summed E-state index contributed by atoms with van der Waals surface area (Å²) in [6.07, 6.45) is 3.41. The summed E-state index contributed by atoms with van der Waals surface area (Å²) in [5.41, 5.74) is 0.854. The average Bonchev–Trinajstić information content (AvgIpc) is 2.71. The Bertz CT molecular complexity index is 442. The van der Waals surface area contributed by atoms with Gasteiger partial charge in [0.15, 0.2) is 9.84 Å². The minimum atomic E-state index is -3.01. The van der Waals surface area contributed by atoms with E-state index in [1.165, 1.54) is 0 Å². The molecule has 0 N–H and O–H groups in total. The molecular formula is C10H18ClN3O2S. The van der Waals surface area contributed by atoms with Crippen LogP contribution >= 0.6 is 11.6 Å². The lowest BCUT2D eigenvalue weighted by molar-refractivity contribution is 0.568. The van der Waals surface area contributed by atoms with Crippen LogP contribution in [0.15, 0.2) is 6.20 Å². The number of aromatic nitrogens is 3. The molecule has 5 nitrogen and oxygen atoms in total. The fraction of sp³-hybridized carbons (Fsp3) is 0.800. The standard InChI is InChI=1S/C10H18ClN3O2S/c1-9(2)17(15,16)7-6-14-8-10(12-13-14)4-3-5-11/h8-9H,3-7H2,1-2H3. The Morgan fingerprint density at radius 3 is 2.76 bits per heavy atom. The van der Waals surface area contributed by atoms with Crippen molar-refractivity contribution in [1.29, 1.82) is 0 Å². The molecule has 1 rings (SSSR count). The van der Waals surface area contributed by atoms with Gasteiger partial charge >= 0.3 is 0 Å². The molecule has 0 aliphatic heterocycles. The summed E-state index contributed by atoms with van der Waals surface area (Å²) in [7, 11) is -3.01. The second kappa shape index (κ2) is 6.35. The normalized spacial score (nSPS) is 12.2. The quantitative estimate of drug-likeness (QED) is 0.705. The lowest BCUT2D eigenvalue weighted by Gasteiger charge is -2.06. The van der Waals surface area contributed by atoms with Crippen LogP contribution in [-0.4, -0.2) is 40.3 Å². The first-order chi connectivity index (χ1) is 7.95. The lowest BCUT2D eigenvalue weighted by Crippen LogP contribution is -2.21. The highest BCUT2D eigenvalue weighted by molar-refractivity contribution is 7.91. The fourth-order valence-corrected chi connectivity index (χ4v) is 2.31. The van der Waals surface area contributed by atoms with Gasteiger partial charge in [-0.15, -0.1) is 16.7 Å². The Morgan fingerprint density at radius 2 is 2.18 bits per heavy atom. The van der Waals surface area contributed by atoms with E-state index in [1.807, 2.05) is 0 Å². The number of hydrogen-bond donors (Lipinski definition) is 0. The molecule has 0 saturated heterocycles. The van der Waals surface area contributed by atoms with E-state index in [1.54, 1.807) is 24.7 Å². The van der Waals surface area contributed by atoms with Crippen LogP contribution in [0.2, 0.25) is 0 Å². The number of hydrogen-bond acceptors (Lipinski definition) is 4. The van der Waals surface area contributed by atoms with Crippen molar-refractivity contribution in [1.82, 2.24) is 15.0 Å². The van der Waals surface area contributed by atoms with Gasteiger partial charge in [-0.1, -0.05) is 5.21 Å². The molecule has 0 aromatic carbocycles. The van der Waals surface area contributed by atoms with Gasteiger partial charge in [0, 0.05) is 12.1 Å². The zero-order valence-corrected chi connectivity index (χ0v) is 11.7.